The lowest BCUT2D eigenvalue weighted by molar-refractivity contribution is 0.427. The Morgan fingerprint density at radius 2 is 0.774 bits per heavy atom. The van der Waals surface area contributed by atoms with Crippen molar-refractivity contribution in [3.63, 3.8) is 0 Å². The molecule has 0 saturated heterocycles. The van der Waals surface area contributed by atoms with E-state index < -0.39 is 0 Å². The molecule has 5 heteroatoms. The van der Waals surface area contributed by atoms with Crippen LogP contribution in [0.15, 0.2) is 261 Å². The molecular formula is C79H54O5. The average molecular weight is 1080 g/mol. The molecule has 0 amide bonds. The zero-order valence-corrected chi connectivity index (χ0v) is 45.7. The first-order chi connectivity index (χ1) is 41.5. The summed E-state index contributed by atoms with van der Waals surface area (Å²) in [5.41, 5.74) is 15.0. The Hall–Kier alpha value is -10.4. The molecule has 17 rings (SSSR count). The van der Waals surface area contributed by atoms with Crippen molar-refractivity contribution in [1.82, 2.24) is 0 Å². The summed E-state index contributed by atoms with van der Waals surface area (Å²) in [6.07, 6.45) is 17.8. The summed E-state index contributed by atoms with van der Waals surface area (Å²) in [5.74, 6) is 5.23. The lowest BCUT2D eigenvalue weighted by atomic mass is 9.71. The van der Waals surface area contributed by atoms with E-state index in [1.807, 2.05) is 24.3 Å². The highest BCUT2D eigenvalue weighted by Gasteiger charge is 2.40. The Kier molecular flexibility index (Phi) is 11.0. The molecule has 3 aliphatic heterocycles. The van der Waals surface area contributed by atoms with Crippen molar-refractivity contribution in [2.45, 2.75) is 36.5 Å². The van der Waals surface area contributed by atoms with Gasteiger partial charge in [0.15, 0.2) is 0 Å². The second-order valence-electron chi connectivity index (χ2n) is 23.1. The zero-order chi connectivity index (χ0) is 55.6. The van der Waals surface area contributed by atoms with Crippen LogP contribution in [0.5, 0.6) is 46.0 Å². The third-order valence-corrected chi connectivity index (χ3v) is 18.6. The van der Waals surface area contributed by atoms with Crippen LogP contribution in [0.1, 0.15) is 92.1 Å². The van der Waals surface area contributed by atoms with Gasteiger partial charge in [-0.1, -0.05) is 200 Å². The van der Waals surface area contributed by atoms with Crippen LogP contribution in [-0.2, 0) is 0 Å². The molecule has 0 aromatic heterocycles. The van der Waals surface area contributed by atoms with Gasteiger partial charge in [-0.3, -0.25) is 0 Å². The van der Waals surface area contributed by atoms with E-state index in [-0.39, 0.29) is 35.2 Å². The maximum absolute atomic E-state index is 10.8. The highest BCUT2D eigenvalue weighted by molar-refractivity contribution is 6.02. The maximum atomic E-state index is 10.8. The van der Waals surface area contributed by atoms with Gasteiger partial charge in [0.1, 0.15) is 46.0 Å². The van der Waals surface area contributed by atoms with Crippen molar-refractivity contribution in [3.8, 4) is 57.1 Å². The Bertz CT molecular complexity index is 4840. The van der Waals surface area contributed by atoms with Gasteiger partial charge in [0.2, 0.25) is 0 Å². The van der Waals surface area contributed by atoms with Gasteiger partial charge in [0, 0.05) is 57.1 Å². The molecule has 0 spiro atoms. The van der Waals surface area contributed by atoms with Gasteiger partial charge in [-0.15, -0.1) is 0 Å². The van der Waals surface area contributed by atoms with Gasteiger partial charge in [0.25, 0.3) is 0 Å². The Labute approximate surface area is 486 Å². The predicted molar refractivity (Wildman–Crippen MR) is 339 cm³/mol. The summed E-state index contributed by atoms with van der Waals surface area (Å²) in [4.78, 5) is 0. The van der Waals surface area contributed by atoms with Crippen molar-refractivity contribution < 1.29 is 24.4 Å². The predicted octanol–water partition coefficient (Wildman–Crippen LogP) is 20.4. The molecule has 12 aromatic rings. The number of ether oxygens (including phenoxy) is 3. The number of rotatable bonds is 6. The third-order valence-electron chi connectivity index (χ3n) is 18.6. The van der Waals surface area contributed by atoms with E-state index >= 15 is 0 Å². The monoisotopic (exact) mass is 1080 g/mol. The number of fused-ring (bicyclic) bond motifs is 16. The van der Waals surface area contributed by atoms with Gasteiger partial charge in [-0.05, 0) is 161 Å². The van der Waals surface area contributed by atoms with E-state index in [2.05, 4.69) is 225 Å². The van der Waals surface area contributed by atoms with Crippen molar-refractivity contribution in [2.24, 2.45) is 5.92 Å². The normalized spacial score (nSPS) is 18.8. The number of hydrogen-bond acceptors (Lipinski definition) is 5. The fourth-order valence-electron chi connectivity index (χ4n) is 14.7. The summed E-state index contributed by atoms with van der Waals surface area (Å²) in [5, 5.41) is 30.0. The minimum absolute atomic E-state index is 0.0929. The van der Waals surface area contributed by atoms with Crippen LogP contribution in [0, 0.1) is 5.92 Å². The first-order valence-electron chi connectivity index (χ1n) is 29.2. The SMILES string of the molecule is Oc1ccc2c3c(ccc2c1)Oc1ccc2c4c(ccc2c1C3c1ccc(-c2ccccc2)cc1)Oc1ccc2c3c(ccc2c1C4c1ccc(C2C=CC=CC2)cc1)Oc1ccc2cc(O)ccc2c1C3C1C=CC(c2ccccc2)=CC1. The van der Waals surface area contributed by atoms with Crippen molar-refractivity contribution in [1.29, 1.82) is 0 Å². The van der Waals surface area contributed by atoms with Crippen LogP contribution < -0.4 is 14.2 Å². The molecule has 5 nitrogen and oxygen atoms in total. The average Bonchev–Trinajstić information content (AvgIpc) is 1.98. The van der Waals surface area contributed by atoms with Gasteiger partial charge in [-0.2, -0.15) is 0 Å². The quantitative estimate of drug-likeness (QED) is 0.174. The minimum Gasteiger partial charge on any atom is -0.508 e. The first kappa shape index (κ1) is 48.4. The third kappa shape index (κ3) is 7.69. The molecule has 5 atom stereocenters. The lowest BCUT2D eigenvalue weighted by Crippen LogP contribution is -2.20. The summed E-state index contributed by atoms with van der Waals surface area (Å²) in [6, 6.07) is 77.0. The summed E-state index contributed by atoms with van der Waals surface area (Å²) < 4.78 is 21.5. The Morgan fingerprint density at radius 1 is 0.345 bits per heavy atom. The molecule has 3 heterocycles. The number of allylic oxidation sites excluding steroid dienone is 8. The van der Waals surface area contributed by atoms with Crippen LogP contribution in [0.3, 0.4) is 0 Å². The first-order valence-corrected chi connectivity index (χ1v) is 29.2. The molecule has 400 valence electrons. The van der Waals surface area contributed by atoms with Crippen molar-refractivity contribution in [2.75, 3.05) is 0 Å². The molecule has 0 fully saturated rings. The second-order valence-corrected chi connectivity index (χ2v) is 23.1. The molecular weight excluding hydrogens is 1030 g/mol. The van der Waals surface area contributed by atoms with E-state index in [0.717, 1.165) is 140 Å². The number of phenols is 2. The standard InChI is InChI=1S/C79H54O5/c80-57-30-32-59-55(44-57)28-38-65-74(59)71(52-22-16-49(17-23-52)46-10-4-1-5-11-46)76-61-34-42-69-78(63(61)36-40-67(76)82-65)73(54-26-20-51(21-27-54)48-14-8-3-9-15-48)79-64-37-41-68-77(62(64)35-43-70(79)84-69)72(53-24-18-50(19-25-53)47-12-6-2-7-13-47)75-60-33-31-58(81)45-56(60)29-39-66(75)83-68/h1-14,16-24,26-45,48,53,71-73,80-81H,15,25H2. The number of hydrogen-bond donors (Lipinski definition) is 2. The topological polar surface area (TPSA) is 68.2 Å². The molecule has 2 N–H and O–H groups in total. The van der Waals surface area contributed by atoms with Gasteiger partial charge < -0.3 is 24.4 Å². The van der Waals surface area contributed by atoms with Crippen LogP contribution in [0.25, 0.3) is 59.8 Å². The molecule has 0 radical (unpaired) electrons. The minimum atomic E-state index is -0.253. The number of phenolic OH excluding ortho intramolecular Hbond substituents is 2. The lowest BCUT2D eigenvalue weighted by Gasteiger charge is -2.37. The van der Waals surface area contributed by atoms with E-state index in [0.29, 0.717) is 5.92 Å². The largest absolute Gasteiger partial charge is 0.508 e. The summed E-state index contributed by atoms with van der Waals surface area (Å²) in [7, 11) is 0. The van der Waals surface area contributed by atoms with Gasteiger partial charge >= 0.3 is 0 Å². The molecule has 5 aliphatic rings. The molecule has 0 bridgehead atoms. The van der Waals surface area contributed by atoms with E-state index in [1.54, 1.807) is 12.1 Å². The summed E-state index contributed by atoms with van der Waals surface area (Å²) in [6.45, 7) is 0. The molecule has 5 unspecified atom stereocenters. The van der Waals surface area contributed by atoms with Crippen LogP contribution in [0.2, 0.25) is 0 Å². The fraction of sp³-hybridized carbons (Fsp3) is 0.0886. The van der Waals surface area contributed by atoms with Crippen molar-refractivity contribution in [3.05, 3.63) is 317 Å². The van der Waals surface area contributed by atoms with E-state index in [1.165, 1.54) is 22.3 Å². The van der Waals surface area contributed by atoms with Gasteiger partial charge in [-0.25, -0.2) is 0 Å². The van der Waals surface area contributed by atoms with E-state index in [9.17, 15) is 10.2 Å². The van der Waals surface area contributed by atoms with Crippen LogP contribution in [0.4, 0.5) is 0 Å². The van der Waals surface area contributed by atoms with Crippen LogP contribution in [-0.4, -0.2) is 10.2 Å². The smallest absolute Gasteiger partial charge is 0.132 e. The highest BCUT2D eigenvalue weighted by Crippen LogP contribution is 2.60. The fourth-order valence-corrected chi connectivity index (χ4v) is 14.7. The van der Waals surface area contributed by atoms with Gasteiger partial charge in [0.05, 0.1) is 0 Å². The highest BCUT2D eigenvalue weighted by atomic mass is 16.5. The molecule has 0 saturated carbocycles. The van der Waals surface area contributed by atoms with Crippen LogP contribution >= 0.6 is 0 Å². The zero-order valence-electron chi connectivity index (χ0n) is 45.7. The van der Waals surface area contributed by atoms with Crippen molar-refractivity contribution >= 4 is 48.7 Å². The molecule has 84 heavy (non-hydrogen) atoms. The maximum Gasteiger partial charge on any atom is 0.132 e. The molecule has 12 aromatic carbocycles. The van der Waals surface area contributed by atoms with E-state index in [4.69, 9.17) is 14.2 Å². The Balaban J connectivity index is 0.886. The Morgan fingerprint density at radius 3 is 1.29 bits per heavy atom. The number of benzene rings is 12. The molecule has 2 aliphatic carbocycles. The summed E-state index contributed by atoms with van der Waals surface area (Å²) >= 11 is 0. The second kappa shape index (κ2) is 19.1. The number of aromatic hydroxyl groups is 2.